The van der Waals surface area contributed by atoms with E-state index < -0.39 is 0 Å². The van der Waals surface area contributed by atoms with Crippen LogP contribution in [0.1, 0.15) is 56.2 Å². The Balaban J connectivity index is 1.25. The van der Waals surface area contributed by atoms with Gasteiger partial charge in [-0.15, -0.1) is 0 Å². The number of nitrogens with zero attached hydrogens (tertiary/aromatic N) is 3. The van der Waals surface area contributed by atoms with Crippen LogP contribution in [0.2, 0.25) is 0 Å². The number of likely N-dealkylation sites (tertiary alicyclic amines) is 2. The molecule has 1 unspecified atom stereocenters. The number of nitrogen functional groups attached to an aromatic ring is 1. The van der Waals surface area contributed by atoms with E-state index in [1.165, 1.54) is 43.5 Å². The van der Waals surface area contributed by atoms with E-state index in [1.54, 1.807) is 6.20 Å². The van der Waals surface area contributed by atoms with Crippen LogP contribution in [0, 0.1) is 0 Å². The van der Waals surface area contributed by atoms with Crippen molar-refractivity contribution in [1.29, 1.82) is 0 Å². The predicted octanol–water partition coefficient (Wildman–Crippen LogP) is 4.25. The smallest absolute Gasteiger partial charge is 0.123 e. The molecule has 2 aliphatic heterocycles. The minimum atomic E-state index is 0.300. The van der Waals surface area contributed by atoms with Gasteiger partial charge in [0.25, 0.3) is 0 Å². The Hall–Kier alpha value is -2.11. The second-order valence-corrected chi connectivity index (χ2v) is 8.52. The van der Waals surface area contributed by atoms with E-state index in [4.69, 9.17) is 10.5 Å². The van der Waals surface area contributed by atoms with Gasteiger partial charge in [-0.05, 0) is 81.1 Å². The molecule has 1 atom stereocenters. The highest BCUT2D eigenvalue weighted by Gasteiger charge is 2.24. The van der Waals surface area contributed by atoms with E-state index in [0.717, 1.165) is 38.2 Å². The highest BCUT2D eigenvalue weighted by atomic mass is 16.5. The lowest BCUT2D eigenvalue weighted by molar-refractivity contribution is 0.0797. The Bertz CT molecular complexity index is 765. The Morgan fingerprint density at radius 3 is 2.45 bits per heavy atom. The highest BCUT2D eigenvalue weighted by Crippen LogP contribution is 2.27. The van der Waals surface area contributed by atoms with Crippen molar-refractivity contribution in [2.45, 2.75) is 57.7 Å². The van der Waals surface area contributed by atoms with Crippen LogP contribution < -0.4 is 10.5 Å². The first kappa shape index (κ1) is 20.2. The van der Waals surface area contributed by atoms with Gasteiger partial charge in [0, 0.05) is 31.9 Å². The number of benzene rings is 1. The number of rotatable bonds is 6. The van der Waals surface area contributed by atoms with Gasteiger partial charge >= 0.3 is 0 Å². The molecule has 2 saturated heterocycles. The van der Waals surface area contributed by atoms with E-state index >= 15 is 0 Å². The van der Waals surface area contributed by atoms with Gasteiger partial charge in [0.1, 0.15) is 17.7 Å². The minimum absolute atomic E-state index is 0.300. The summed E-state index contributed by atoms with van der Waals surface area (Å²) >= 11 is 0. The number of hydrogen-bond acceptors (Lipinski definition) is 5. The quantitative estimate of drug-likeness (QED) is 0.794. The lowest BCUT2D eigenvalue weighted by atomic mass is 10.0. The summed E-state index contributed by atoms with van der Waals surface area (Å²) in [4.78, 5) is 9.17. The molecule has 2 aliphatic rings. The second kappa shape index (κ2) is 9.59. The van der Waals surface area contributed by atoms with Crippen LogP contribution in [0.15, 0.2) is 42.6 Å². The van der Waals surface area contributed by atoms with Crippen LogP contribution in [0.4, 0.5) is 5.82 Å². The molecular formula is C24H34N4O. The molecule has 0 radical (unpaired) electrons. The molecule has 2 aromatic rings. The summed E-state index contributed by atoms with van der Waals surface area (Å²) in [7, 11) is 0. The van der Waals surface area contributed by atoms with Gasteiger partial charge < -0.3 is 10.5 Å². The summed E-state index contributed by atoms with van der Waals surface area (Å²) in [6.07, 6.45) is 8.28. The zero-order valence-electron chi connectivity index (χ0n) is 17.6. The molecule has 3 heterocycles. The molecular weight excluding hydrogens is 360 g/mol. The van der Waals surface area contributed by atoms with Gasteiger partial charge in [-0.3, -0.25) is 9.80 Å². The molecule has 1 aromatic heterocycles. The first-order valence-corrected chi connectivity index (χ1v) is 11.1. The lowest BCUT2D eigenvalue weighted by Gasteiger charge is -2.36. The number of ether oxygens (including phenoxy) is 1. The third-order valence-electron chi connectivity index (χ3n) is 6.39. The van der Waals surface area contributed by atoms with E-state index in [-0.39, 0.29) is 0 Å². The number of aromatic nitrogens is 1. The summed E-state index contributed by atoms with van der Waals surface area (Å²) in [6.45, 7) is 7.87. The van der Waals surface area contributed by atoms with Gasteiger partial charge in [-0.1, -0.05) is 18.6 Å². The fraction of sp³-hybridized carbons (Fsp3) is 0.542. The van der Waals surface area contributed by atoms with E-state index in [9.17, 15) is 0 Å². The molecule has 0 spiro atoms. The first-order valence-electron chi connectivity index (χ1n) is 11.1. The fourth-order valence-corrected chi connectivity index (χ4v) is 4.56. The largest absolute Gasteiger partial charge is 0.490 e. The van der Waals surface area contributed by atoms with Gasteiger partial charge in [-0.2, -0.15) is 0 Å². The second-order valence-electron chi connectivity index (χ2n) is 8.52. The zero-order chi connectivity index (χ0) is 20.1. The van der Waals surface area contributed by atoms with Gasteiger partial charge in [0.05, 0.1) is 0 Å². The van der Waals surface area contributed by atoms with Crippen molar-refractivity contribution in [1.82, 2.24) is 14.8 Å². The van der Waals surface area contributed by atoms with Crippen LogP contribution in [0.3, 0.4) is 0 Å². The zero-order valence-corrected chi connectivity index (χ0v) is 17.6. The normalized spacial score (nSPS) is 20.4. The van der Waals surface area contributed by atoms with Crippen LogP contribution in [-0.4, -0.2) is 47.1 Å². The number of anilines is 1. The molecule has 1 aromatic carbocycles. The molecule has 156 valence electrons. The third-order valence-corrected chi connectivity index (χ3v) is 6.39. The summed E-state index contributed by atoms with van der Waals surface area (Å²) in [6, 6.07) is 13.2. The van der Waals surface area contributed by atoms with Gasteiger partial charge in [0.2, 0.25) is 0 Å². The SMILES string of the molecule is CC(c1ccnc(N)c1)N1CCC(Oc2ccc(CN3CCCCC3)cc2)CC1. The Morgan fingerprint density at radius 1 is 1.03 bits per heavy atom. The summed E-state index contributed by atoms with van der Waals surface area (Å²) in [5.41, 5.74) is 8.47. The van der Waals surface area contributed by atoms with Crippen molar-refractivity contribution in [3.05, 3.63) is 53.7 Å². The molecule has 0 aliphatic carbocycles. The van der Waals surface area contributed by atoms with Crippen molar-refractivity contribution in [2.24, 2.45) is 0 Å². The maximum atomic E-state index is 6.28. The maximum Gasteiger partial charge on any atom is 0.123 e. The number of hydrogen-bond donors (Lipinski definition) is 1. The molecule has 0 saturated carbocycles. The van der Waals surface area contributed by atoms with E-state index in [0.29, 0.717) is 18.0 Å². The molecule has 0 amide bonds. The van der Waals surface area contributed by atoms with E-state index in [1.807, 2.05) is 6.07 Å². The van der Waals surface area contributed by atoms with Gasteiger partial charge in [-0.25, -0.2) is 4.98 Å². The van der Waals surface area contributed by atoms with Crippen LogP contribution in [0.25, 0.3) is 0 Å². The Morgan fingerprint density at radius 2 is 1.76 bits per heavy atom. The fourth-order valence-electron chi connectivity index (χ4n) is 4.56. The highest BCUT2D eigenvalue weighted by molar-refractivity contribution is 5.33. The molecule has 29 heavy (non-hydrogen) atoms. The number of piperidine rings is 2. The van der Waals surface area contributed by atoms with Crippen molar-refractivity contribution >= 4 is 5.82 Å². The van der Waals surface area contributed by atoms with Crippen LogP contribution >= 0.6 is 0 Å². The van der Waals surface area contributed by atoms with Crippen molar-refractivity contribution in [3.8, 4) is 5.75 Å². The number of nitrogens with two attached hydrogens (primary N) is 1. The third kappa shape index (κ3) is 5.49. The van der Waals surface area contributed by atoms with Crippen molar-refractivity contribution in [2.75, 3.05) is 31.9 Å². The molecule has 5 heteroatoms. The lowest BCUT2D eigenvalue weighted by Crippen LogP contribution is -2.39. The Labute approximate surface area is 174 Å². The van der Waals surface area contributed by atoms with E-state index in [2.05, 4.69) is 52.0 Å². The average molecular weight is 395 g/mol. The Kier molecular flexibility index (Phi) is 6.67. The van der Waals surface area contributed by atoms with Gasteiger partial charge in [0.15, 0.2) is 0 Å². The molecule has 5 nitrogen and oxygen atoms in total. The van der Waals surface area contributed by atoms with Crippen molar-refractivity contribution < 1.29 is 4.74 Å². The molecule has 2 N–H and O–H groups in total. The van der Waals surface area contributed by atoms with Crippen molar-refractivity contribution in [3.63, 3.8) is 0 Å². The van der Waals surface area contributed by atoms with Crippen LogP contribution in [0.5, 0.6) is 5.75 Å². The average Bonchev–Trinajstić information content (AvgIpc) is 2.76. The summed E-state index contributed by atoms with van der Waals surface area (Å²) in [5, 5.41) is 0. The predicted molar refractivity (Wildman–Crippen MR) is 118 cm³/mol. The summed E-state index contributed by atoms with van der Waals surface area (Å²) < 4.78 is 6.28. The maximum absolute atomic E-state index is 6.28. The molecule has 4 rings (SSSR count). The minimum Gasteiger partial charge on any atom is -0.490 e. The first-order chi connectivity index (χ1) is 14.2. The van der Waals surface area contributed by atoms with Crippen LogP contribution in [-0.2, 0) is 6.54 Å². The standard InChI is InChI=1S/C24H34N4O/c1-19(21-9-12-26-24(25)17-21)28-15-10-23(11-16-28)29-22-7-5-20(6-8-22)18-27-13-3-2-4-14-27/h5-9,12,17,19,23H,2-4,10-11,13-16,18H2,1H3,(H2,25,26). The monoisotopic (exact) mass is 394 g/mol. The molecule has 0 bridgehead atoms. The topological polar surface area (TPSA) is 54.6 Å². The summed E-state index contributed by atoms with van der Waals surface area (Å²) in [5.74, 6) is 1.59. The number of pyridine rings is 1. The molecule has 2 fully saturated rings.